The van der Waals surface area contributed by atoms with Crippen molar-refractivity contribution in [3.63, 3.8) is 0 Å². The lowest BCUT2D eigenvalue weighted by Crippen LogP contribution is -2.50. The molecule has 5 nitrogen and oxygen atoms in total. The Kier molecular flexibility index (Phi) is 7.23. The Labute approximate surface area is 179 Å². The first kappa shape index (κ1) is 22.1. The maximum Gasteiger partial charge on any atom is 0.303 e. The van der Waals surface area contributed by atoms with Crippen LogP contribution in [-0.4, -0.2) is 47.6 Å². The molecule has 2 N–H and O–H groups in total. The molecule has 1 aliphatic carbocycles. The molecule has 4 aliphatic rings. The quantitative estimate of drug-likeness (QED) is 0.729. The average molecular weight is 421 g/mol. The van der Waals surface area contributed by atoms with Crippen molar-refractivity contribution in [2.75, 3.05) is 19.6 Å². The molecule has 0 spiro atoms. The fraction of sp³-hybridized carbons (Fsp3) is 0.652. The van der Waals surface area contributed by atoms with Crippen molar-refractivity contribution in [1.29, 1.82) is 0 Å². The van der Waals surface area contributed by atoms with Crippen LogP contribution >= 0.6 is 12.4 Å². The molecular formula is C23H33ClN2O3. The van der Waals surface area contributed by atoms with Crippen LogP contribution in [0.5, 0.6) is 0 Å². The number of nitrogens with zero attached hydrogens (tertiary/aromatic N) is 1. The van der Waals surface area contributed by atoms with Gasteiger partial charge in [0.2, 0.25) is 0 Å². The Bertz CT molecular complexity index is 692. The predicted octanol–water partition coefficient (Wildman–Crippen LogP) is 4.00. The summed E-state index contributed by atoms with van der Waals surface area (Å²) in [5.74, 6) is -0.196. The summed E-state index contributed by atoms with van der Waals surface area (Å²) < 4.78 is 0. The van der Waals surface area contributed by atoms with Crippen molar-refractivity contribution in [2.24, 2.45) is 5.92 Å². The molecule has 5 rings (SSSR count). The van der Waals surface area contributed by atoms with E-state index in [1.165, 1.54) is 44.5 Å². The van der Waals surface area contributed by atoms with E-state index in [0.717, 1.165) is 37.7 Å². The molecule has 0 unspecified atom stereocenters. The zero-order chi connectivity index (χ0) is 19.6. The van der Waals surface area contributed by atoms with Crippen LogP contribution in [0.15, 0.2) is 24.3 Å². The first-order valence-electron chi connectivity index (χ1n) is 10.9. The highest BCUT2D eigenvalue weighted by Gasteiger charge is 2.40. The molecule has 3 heterocycles. The van der Waals surface area contributed by atoms with Crippen LogP contribution in [0.1, 0.15) is 73.7 Å². The molecule has 1 amide bonds. The Morgan fingerprint density at radius 3 is 2.14 bits per heavy atom. The molecule has 0 radical (unpaired) electrons. The van der Waals surface area contributed by atoms with E-state index in [-0.39, 0.29) is 30.8 Å². The molecule has 0 atom stereocenters. The van der Waals surface area contributed by atoms with E-state index in [1.54, 1.807) is 0 Å². The van der Waals surface area contributed by atoms with Gasteiger partial charge in [-0.3, -0.25) is 9.59 Å². The van der Waals surface area contributed by atoms with E-state index >= 15 is 0 Å². The van der Waals surface area contributed by atoms with Crippen LogP contribution in [0.25, 0.3) is 0 Å². The minimum atomic E-state index is -0.711. The number of hydrogen-bond donors (Lipinski definition) is 2. The van der Waals surface area contributed by atoms with Gasteiger partial charge in [-0.25, -0.2) is 0 Å². The first-order chi connectivity index (χ1) is 13.5. The number of nitrogens with one attached hydrogen (secondary N) is 1. The molecule has 3 saturated heterocycles. The van der Waals surface area contributed by atoms with Gasteiger partial charge in [0.1, 0.15) is 0 Å². The summed E-state index contributed by atoms with van der Waals surface area (Å²) in [5.41, 5.74) is 2.49. The van der Waals surface area contributed by atoms with E-state index < -0.39 is 5.97 Å². The Morgan fingerprint density at radius 2 is 1.59 bits per heavy atom. The number of hydrogen-bond acceptors (Lipinski definition) is 3. The average Bonchev–Trinajstić information content (AvgIpc) is 2.74. The summed E-state index contributed by atoms with van der Waals surface area (Å²) in [6, 6.07) is 8.57. The van der Waals surface area contributed by atoms with Crippen molar-refractivity contribution in [3.8, 4) is 0 Å². The summed E-state index contributed by atoms with van der Waals surface area (Å²) in [6.45, 7) is 3.62. The highest BCUT2D eigenvalue weighted by atomic mass is 35.5. The van der Waals surface area contributed by atoms with Gasteiger partial charge in [-0.2, -0.15) is 0 Å². The normalized spacial score (nSPS) is 31.0. The lowest BCUT2D eigenvalue weighted by molar-refractivity contribution is -0.137. The fourth-order valence-corrected chi connectivity index (χ4v) is 5.43. The van der Waals surface area contributed by atoms with Gasteiger partial charge in [0.05, 0.1) is 0 Å². The van der Waals surface area contributed by atoms with Crippen molar-refractivity contribution in [3.05, 3.63) is 35.4 Å². The van der Waals surface area contributed by atoms with Crippen LogP contribution in [0.2, 0.25) is 0 Å². The molecule has 6 heteroatoms. The van der Waals surface area contributed by atoms with Crippen molar-refractivity contribution in [2.45, 2.75) is 69.2 Å². The van der Waals surface area contributed by atoms with Crippen molar-refractivity contribution in [1.82, 2.24) is 10.2 Å². The summed E-state index contributed by atoms with van der Waals surface area (Å²) in [7, 11) is 0. The molecule has 2 bridgehead atoms. The van der Waals surface area contributed by atoms with Gasteiger partial charge >= 0.3 is 5.97 Å². The van der Waals surface area contributed by atoms with Crippen LogP contribution in [0, 0.1) is 5.92 Å². The number of benzene rings is 1. The van der Waals surface area contributed by atoms with Crippen LogP contribution < -0.4 is 5.32 Å². The zero-order valence-corrected chi connectivity index (χ0v) is 17.9. The summed E-state index contributed by atoms with van der Waals surface area (Å²) in [5, 5.41) is 12.0. The van der Waals surface area contributed by atoms with E-state index in [0.29, 0.717) is 11.3 Å². The number of rotatable bonds is 6. The number of carbonyl (C=O) groups excluding carboxylic acids is 1. The Balaban J connectivity index is 0.00000240. The molecule has 4 fully saturated rings. The van der Waals surface area contributed by atoms with Gasteiger partial charge in [-0.1, -0.05) is 12.1 Å². The third-order valence-electron chi connectivity index (χ3n) is 7.43. The maximum absolute atomic E-state index is 12.7. The van der Waals surface area contributed by atoms with Crippen LogP contribution in [-0.2, 0) is 10.2 Å². The summed E-state index contributed by atoms with van der Waals surface area (Å²) >= 11 is 0. The lowest BCUT2D eigenvalue weighted by atomic mass is 9.67. The molecular weight excluding hydrogens is 388 g/mol. The van der Waals surface area contributed by atoms with Gasteiger partial charge in [-0.15, -0.1) is 12.4 Å². The second kappa shape index (κ2) is 9.48. The van der Waals surface area contributed by atoms with Crippen molar-refractivity contribution >= 4 is 24.3 Å². The monoisotopic (exact) mass is 420 g/mol. The Hall–Kier alpha value is -1.59. The van der Waals surface area contributed by atoms with Crippen LogP contribution in [0.3, 0.4) is 0 Å². The van der Waals surface area contributed by atoms with E-state index in [2.05, 4.69) is 22.3 Å². The number of carboxylic acid groups (broad SMARTS) is 1. The standard InChI is InChI=1S/C23H32N2O3.ClH/c26-21(27)10-3-17-1-8-20(9-2-17)24-22(28)18-4-6-19(7-5-18)23-11-14-25(15-12-23)16-13-23;/h4-7,17,20H,1-3,8-16H2,(H,24,28)(H,26,27);1H. The predicted molar refractivity (Wildman–Crippen MR) is 116 cm³/mol. The second-order valence-electron chi connectivity index (χ2n) is 9.07. The number of aliphatic carboxylic acids is 1. The van der Waals surface area contributed by atoms with Crippen molar-refractivity contribution < 1.29 is 14.7 Å². The minimum Gasteiger partial charge on any atom is -0.481 e. The molecule has 1 aromatic rings. The van der Waals surface area contributed by atoms with Gasteiger partial charge in [0.15, 0.2) is 0 Å². The third-order valence-corrected chi connectivity index (χ3v) is 7.43. The van der Waals surface area contributed by atoms with Gasteiger partial charge in [0, 0.05) is 18.0 Å². The van der Waals surface area contributed by atoms with Gasteiger partial charge < -0.3 is 15.3 Å². The first-order valence-corrected chi connectivity index (χ1v) is 10.9. The van der Waals surface area contributed by atoms with Crippen LogP contribution in [0.4, 0.5) is 0 Å². The Morgan fingerprint density at radius 1 is 1.00 bits per heavy atom. The molecule has 0 aromatic heterocycles. The number of fused-ring (bicyclic) bond motifs is 3. The summed E-state index contributed by atoms with van der Waals surface area (Å²) in [6.07, 6.45) is 8.66. The number of amides is 1. The molecule has 29 heavy (non-hydrogen) atoms. The van der Waals surface area contributed by atoms with E-state index in [4.69, 9.17) is 5.11 Å². The van der Waals surface area contributed by atoms with Gasteiger partial charge in [0.25, 0.3) is 5.91 Å². The largest absolute Gasteiger partial charge is 0.481 e. The molecule has 1 aromatic carbocycles. The number of carboxylic acids is 1. The molecule has 3 aliphatic heterocycles. The lowest BCUT2D eigenvalue weighted by Gasteiger charge is -2.48. The smallest absolute Gasteiger partial charge is 0.303 e. The second-order valence-corrected chi connectivity index (χ2v) is 9.07. The highest BCUT2D eigenvalue weighted by molar-refractivity contribution is 5.94. The van der Waals surface area contributed by atoms with E-state index in [9.17, 15) is 9.59 Å². The minimum absolute atomic E-state index is 0. The molecule has 160 valence electrons. The SMILES string of the molecule is Cl.O=C(O)CCC1CCC(NC(=O)c2ccc(C34CCN(CC3)CC4)cc2)CC1. The molecule has 1 saturated carbocycles. The van der Waals surface area contributed by atoms with Gasteiger partial charge in [-0.05, 0) is 100 Å². The topological polar surface area (TPSA) is 69.6 Å². The maximum atomic E-state index is 12.7. The highest BCUT2D eigenvalue weighted by Crippen LogP contribution is 2.42. The third kappa shape index (κ3) is 5.13. The zero-order valence-electron chi connectivity index (χ0n) is 17.1. The fourth-order valence-electron chi connectivity index (χ4n) is 5.43. The number of halogens is 1. The van der Waals surface area contributed by atoms with E-state index in [1.807, 2.05) is 12.1 Å². The summed E-state index contributed by atoms with van der Waals surface area (Å²) in [4.78, 5) is 25.9. The number of carbonyl (C=O) groups is 2. The number of piperidine rings is 3.